The van der Waals surface area contributed by atoms with E-state index in [-0.39, 0.29) is 13.0 Å². The predicted octanol–water partition coefficient (Wildman–Crippen LogP) is 6.90. The zero-order chi connectivity index (χ0) is 31.0. The fourth-order valence-corrected chi connectivity index (χ4v) is 4.57. The van der Waals surface area contributed by atoms with Crippen molar-refractivity contribution in [1.82, 2.24) is 5.32 Å². The van der Waals surface area contributed by atoms with Crippen molar-refractivity contribution in [2.75, 3.05) is 13.7 Å². The molecule has 4 aromatic rings. The van der Waals surface area contributed by atoms with Gasteiger partial charge in [-0.15, -0.1) is 12.8 Å². The van der Waals surface area contributed by atoms with E-state index < -0.39 is 5.97 Å². The fourth-order valence-electron chi connectivity index (χ4n) is 4.57. The van der Waals surface area contributed by atoms with E-state index in [9.17, 15) is 10.1 Å². The summed E-state index contributed by atoms with van der Waals surface area (Å²) < 4.78 is 18.2. The summed E-state index contributed by atoms with van der Waals surface area (Å²) in [4.78, 5) is 10.9. The van der Waals surface area contributed by atoms with Crippen molar-refractivity contribution in [2.45, 2.75) is 39.5 Å². The minimum Gasteiger partial charge on any atom is -0.496 e. The van der Waals surface area contributed by atoms with Crippen LogP contribution in [-0.4, -0.2) is 24.7 Å². The lowest BCUT2D eigenvalue weighted by Gasteiger charge is -2.19. The molecule has 7 heteroatoms. The molecule has 220 valence electrons. The lowest BCUT2D eigenvalue weighted by atomic mass is 9.97. The Morgan fingerprint density at radius 3 is 2.40 bits per heavy atom. The van der Waals surface area contributed by atoms with Gasteiger partial charge in [0.05, 0.1) is 24.3 Å². The third kappa shape index (κ3) is 9.39. The van der Waals surface area contributed by atoms with E-state index in [2.05, 4.69) is 55.4 Å². The van der Waals surface area contributed by atoms with Gasteiger partial charge >= 0.3 is 5.97 Å². The Kier molecular flexibility index (Phi) is 12.7. The second-order valence-electron chi connectivity index (χ2n) is 9.62. The molecular formula is C36H36N2O5. The average Bonchev–Trinajstić information content (AvgIpc) is 3.04. The van der Waals surface area contributed by atoms with E-state index in [0.29, 0.717) is 48.9 Å². The molecule has 0 aliphatic heterocycles. The van der Waals surface area contributed by atoms with Gasteiger partial charge in [-0.05, 0) is 59.8 Å². The minimum atomic E-state index is -0.820. The third-order valence-corrected chi connectivity index (χ3v) is 6.78. The number of ether oxygens (including phenoxy) is 3. The van der Waals surface area contributed by atoms with E-state index >= 15 is 0 Å². The van der Waals surface area contributed by atoms with Crippen LogP contribution < -0.4 is 19.5 Å². The van der Waals surface area contributed by atoms with Crippen LogP contribution in [0.25, 0.3) is 11.1 Å². The third-order valence-electron chi connectivity index (χ3n) is 6.78. The van der Waals surface area contributed by atoms with Crippen LogP contribution in [0.3, 0.4) is 0 Å². The van der Waals surface area contributed by atoms with Crippen LogP contribution in [-0.2, 0) is 24.6 Å². The van der Waals surface area contributed by atoms with Crippen molar-refractivity contribution in [3.8, 4) is 47.3 Å². The monoisotopic (exact) mass is 576 g/mol. The van der Waals surface area contributed by atoms with Gasteiger partial charge in [0.15, 0.2) is 0 Å². The average molecular weight is 577 g/mol. The maximum absolute atomic E-state index is 10.9. The lowest BCUT2D eigenvalue weighted by Crippen LogP contribution is -2.17. The number of benzene rings is 4. The number of rotatable bonds is 14. The fraction of sp³-hybridized carbons (Fsp3) is 0.222. The summed E-state index contributed by atoms with van der Waals surface area (Å²) in [7, 11) is 1.60. The first-order chi connectivity index (χ1) is 21.0. The summed E-state index contributed by atoms with van der Waals surface area (Å²) in [5.74, 6) is 0.965. The molecule has 0 saturated heterocycles. The van der Waals surface area contributed by atoms with Gasteiger partial charge in [-0.2, -0.15) is 5.26 Å². The number of carboxylic acids is 1. The summed E-state index contributed by atoms with van der Waals surface area (Å²) in [6.07, 6.45) is 8.61. The number of carboxylic acid groups (broad SMARTS) is 1. The molecule has 0 amide bonds. The van der Waals surface area contributed by atoms with Gasteiger partial charge in [0.25, 0.3) is 0 Å². The van der Waals surface area contributed by atoms with E-state index in [4.69, 9.17) is 19.3 Å². The van der Waals surface area contributed by atoms with E-state index in [1.54, 1.807) is 19.2 Å². The first-order valence-electron chi connectivity index (χ1n) is 13.8. The highest BCUT2D eigenvalue weighted by atomic mass is 16.5. The largest absolute Gasteiger partial charge is 0.496 e. The number of nitrogens with one attached hydrogen (secondary N) is 1. The molecule has 7 nitrogen and oxygen atoms in total. The van der Waals surface area contributed by atoms with E-state index in [1.807, 2.05) is 48.5 Å². The molecule has 2 N–H and O–H groups in total. The Bertz CT molecular complexity index is 1560. The van der Waals surface area contributed by atoms with E-state index in [0.717, 1.165) is 33.4 Å². The van der Waals surface area contributed by atoms with Crippen molar-refractivity contribution in [2.24, 2.45) is 0 Å². The quantitative estimate of drug-likeness (QED) is 0.124. The molecule has 4 aromatic carbocycles. The number of aliphatic carboxylic acids is 1. The van der Waals surface area contributed by atoms with Crippen LogP contribution in [0.4, 0.5) is 0 Å². The summed E-state index contributed by atoms with van der Waals surface area (Å²) in [5, 5.41) is 21.5. The van der Waals surface area contributed by atoms with Crippen LogP contribution in [0, 0.1) is 31.1 Å². The highest BCUT2D eigenvalue weighted by molar-refractivity contribution is 5.68. The number of methoxy groups -OCH3 is 1. The number of carbonyl (C=O) groups is 1. The highest BCUT2D eigenvalue weighted by Gasteiger charge is 2.16. The van der Waals surface area contributed by atoms with E-state index in [1.165, 1.54) is 0 Å². The summed E-state index contributed by atoms with van der Waals surface area (Å²) in [6, 6.07) is 29.6. The normalized spacial score (nSPS) is 10.1. The second kappa shape index (κ2) is 16.9. The van der Waals surface area contributed by atoms with Crippen LogP contribution >= 0.6 is 0 Å². The number of hydrogen-bond donors (Lipinski definition) is 2. The van der Waals surface area contributed by atoms with Crippen LogP contribution in [0.1, 0.15) is 40.7 Å². The van der Waals surface area contributed by atoms with Gasteiger partial charge in [-0.1, -0.05) is 60.7 Å². The minimum absolute atomic E-state index is 0.0976. The van der Waals surface area contributed by atoms with Crippen LogP contribution in [0.15, 0.2) is 84.9 Å². The van der Waals surface area contributed by atoms with Gasteiger partial charge in [0.2, 0.25) is 0 Å². The first kappa shape index (κ1) is 32.3. The first-order valence-corrected chi connectivity index (χ1v) is 13.8. The van der Waals surface area contributed by atoms with Crippen LogP contribution in [0.5, 0.6) is 17.2 Å². The Hall–Kier alpha value is -5.24. The second-order valence-corrected chi connectivity index (χ2v) is 9.62. The Morgan fingerprint density at radius 1 is 0.930 bits per heavy atom. The zero-order valence-corrected chi connectivity index (χ0v) is 24.5. The zero-order valence-electron chi connectivity index (χ0n) is 24.5. The molecule has 0 bridgehead atoms. The maximum atomic E-state index is 10.9. The molecule has 0 aliphatic carbocycles. The molecule has 0 aliphatic rings. The van der Waals surface area contributed by atoms with Gasteiger partial charge in [0.1, 0.15) is 30.5 Å². The van der Waals surface area contributed by atoms with Gasteiger partial charge in [-0.25, -0.2) is 0 Å². The topological polar surface area (TPSA) is 101 Å². The molecule has 0 heterocycles. The molecule has 0 saturated carbocycles. The summed E-state index contributed by atoms with van der Waals surface area (Å²) in [5.41, 5.74) is 6.78. The molecule has 0 spiro atoms. The summed E-state index contributed by atoms with van der Waals surface area (Å²) >= 11 is 0. The van der Waals surface area contributed by atoms with Crippen molar-refractivity contribution < 1.29 is 24.1 Å². The number of hydrogen-bond acceptors (Lipinski definition) is 6. The summed E-state index contributed by atoms with van der Waals surface area (Å²) in [6.45, 7) is 3.69. The van der Waals surface area contributed by atoms with Crippen molar-refractivity contribution >= 4 is 5.97 Å². The van der Waals surface area contributed by atoms with Crippen LogP contribution in [0.2, 0.25) is 0 Å². The highest BCUT2D eigenvalue weighted by Crippen LogP contribution is 2.36. The van der Waals surface area contributed by atoms with Gasteiger partial charge in [0, 0.05) is 25.1 Å². The van der Waals surface area contributed by atoms with Gasteiger partial charge < -0.3 is 24.6 Å². The molecule has 0 radical (unpaired) electrons. The number of nitriles is 1. The number of nitrogens with zero attached hydrogens (tertiary/aromatic N) is 1. The maximum Gasteiger partial charge on any atom is 0.303 e. The molecule has 0 aromatic heterocycles. The van der Waals surface area contributed by atoms with Gasteiger partial charge in [-0.3, -0.25) is 4.79 Å². The SMILES string of the molecule is C#C.COc1cc(OCc2cccc(-c3ccccc3)c2C)cc(OCc2cccc(C#N)c2)c1CNCCCC(=O)O. The smallest absolute Gasteiger partial charge is 0.303 e. The van der Waals surface area contributed by atoms with Crippen molar-refractivity contribution in [1.29, 1.82) is 5.26 Å². The van der Waals surface area contributed by atoms with Crippen molar-refractivity contribution in [3.05, 3.63) is 113 Å². The Labute approximate surface area is 253 Å². The molecule has 0 unspecified atom stereocenters. The Balaban J connectivity index is 0.00000248. The Morgan fingerprint density at radius 2 is 1.67 bits per heavy atom. The molecule has 4 rings (SSSR count). The molecular weight excluding hydrogens is 540 g/mol. The standard InChI is InChI=1S/C34H34N2O5.C2H2/c1-24-28(13-7-14-30(24)27-11-4-3-5-12-27)23-40-29-18-32(39-2)31(21-36-16-8-15-34(37)38)33(19-29)41-22-26-10-6-9-25(17-26)20-35;1-2/h3-7,9-14,17-19,36H,8,15-16,21-23H2,1-2H3,(H,37,38);1-2H. The predicted molar refractivity (Wildman–Crippen MR) is 168 cm³/mol. The van der Waals surface area contributed by atoms with Crippen molar-refractivity contribution in [3.63, 3.8) is 0 Å². The molecule has 43 heavy (non-hydrogen) atoms. The lowest BCUT2D eigenvalue weighted by molar-refractivity contribution is -0.137. The number of terminal acetylenes is 1. The molecule has 0 atom stereocenters. The molecule has 0 fully saturated rings.